The summed E-state index contributed by atoms with van der Waals surface area (Å²) in [6.45, 7) is 0. The predicted octanol–water partition coefficient (Wildman–Crippen LogP) is 6.90. The van der Waals surface area contributed by atoms with Crippen molar-refractivity contribution in [3.8, 4) is 0 Å². The molecule has 0 saturated heterocycles. The van der Waals surface area contributed by atoms with Gasteiger partial charge in [0.25, 0.3) is 0 Å². The van der Waals surface area contributed by atoms with Crippen molar-refractivity contribution in [3.63, 3.8) is 0 Å². The molecule has 30 heavy (non-hydrogen) atoms. The highest BCUT2D eigenvalue weighted by Gasteiger charge is 2.38. The largest absolute Gasteiger partial charge is 0.387 e. The fourth-order valence-corrected chi connectivity index (χ4v) is 7.13. The molecule has 0 aliphatic heterocycles. The van der Waals surface area contributed by atoms with Gasteiger partial charge < -0.3 is 5.11 Å². The van der Waals surface area contributed by atoms with Crippen molar-refractivity contribution in [1.29, 1.82) is 0 Å². The molecule has 0 saturated carbocycles. The van der Waals surface area contributed by atoms with Crippen LogP contribution in [0.3, 0.4) is 0 Å². The van der Waals surface area contributed by atoms with E-state index in [2.05, 4.69) is 52.3 Å². The first kappa shape index (κ1) is 16.1. The standard InChI is InChI=1S/C28H17BrO/c29-20-4-2-1-3-17(20)28(30)25-18-9-7-15-11-13-5-6-14-12-16-8-10-19(25)27-24(16)22(14)21(13)23(15)26(18)27/h1-10,25,28,30H,11-12H2. The van der Waals surface area contributed by atoms with E-state index in [1.165, 1.54) is 65.7 Å². The zero-order chi connectivity index (χ0) is 19.7. The Morgan fingerprint density at radius 1 is 0.633 bits per heavy atom. The topological polar surface area (TPSA) is 20.2 Å². The van der Waals surface area contributed by atoms with Gasteiger partial charge in [-0.1, -0.05) is 70.5 Å². The quantitative estimate of drug-likeness (QED) is 0.285. The van der Waals surface area contributed by atoms with Crippen molar-refractivity contribution >= 4 is 48.2 Å². The van der Waals surface area contributed by atoms with E-state index >= 15 is 0 Å². The first-order chi connectivity index (χ1) is 14.7. The normalized spacial score (nSPS) is 16.5. The number of rotatable bonds is 2. The van der Waals surface area contributed by atoms with Gasteiger partial charge in [-0.2, -0.15) is 0 Å². The van der Waals surface area contributed by atoms with Crippen molar-refractivity contribution in [2.24, 2.45) is 0 Å². The van der Waals surface area contributed by atoms with Gasteiger partial charge in [0.2, 0.25) is 0 Å². The average Bonchev–Trinajstić information content (AvgIpc) is 3.41. The van der Waals surface area contributed by atoms with Crippen molar-refractivity contribution in [2.45, 2.75) is 24.9 Å². The molecule has 3 aliphatic rings. The molecule has 0 amide bonds. The number of halogens is 1. The van der Waals surface area contributed by atoms with Crippen LogP contribution >= 0.6 is 15.9 Å². The number of aliphatic hydroxyl groups excluding tert-OH is 1. The molecule has 0 radical (unpaired) electrons. The van der Waals surface area contributed by atoms with Gasteiger partial charge in [0.05, 0.1) is 6.10 Å². The molecule has 0 aromatic heterocycles. The van der Waals surface area contributed by atoms with Crippen molar-refractivity contribution in [1.82, 2.24) is 0 Å². The average molecular weight is 449 g/mol. The summed E-state index contributed by atoms with van der Waals surface area (Å²) in [6, 6.07) is 22.0. The predicted molar refractivity (Wildman–Crippen MR) is 126 cm³/mol. The van der Waals surface area contributed by atoms with Gasteiger partial charge in [0, 0.05) is 10.4 Å². The van der Waals surface area contributed by atoms with Gasteiger partial charge in [-0.25, -0.2) is 0 Å². The molecule has 5 aromatic rings. The minimum absolute atomic E-state index is 0.0355. The maximum atomic E-state index is 11.6. The number of aliphatic hydroxyl groups is 1. The van der Waals surface area contributed by atoms with Crippen molar-refractivity contribution in [3.05, 3.63) is 104 Å². The summed E-state index contributed by atoms with van der Waals surface area (Å²) in [5.74, 6) is -0.0355. The van der Waals surface area contributed by atoms with Crippen molar-refractivity contribution in [2.75, 3.05) is 0 Å². The Hall–Kier alpha value is -2.68. The maximum absolute atomic E-state index is 11.6. The van der Waals surface area contributed by atoms with E-state index in [9.17, 15) is 5.11 Å². The maximum Gasteiger partial charge on any atom is 0.0910 e. The molecule has 1 N–H and O–H groups in total. The molecule has 1 nitrogen and oxygen atoms in total. The van der Waals surface area contributed by atoms with Gasteiger partial charge in [-0.3, -0.25) is 0 Å². The SMILES string of the molecule is OC(c1ccccc1Br)C1c2ccc3c4c5c(ccc6c5c5c(ccc1c5c24)C6)C3. The molecular formula is C28H17BrO. The second-order valence-corrected chi connectivity index (χ2v) is 9.91. The van der Waals surface area contributed by atoms with E-state index < -0.39 is 6.10 Å². The second-order valence-electron chi connectivity index (χ2n) is 9.06. The number of benzene rings is 5. The van der Waals surface area contributed by atoms with Crippen LogP contribution in [-0.4, -0.2) is 5.11 Å². The van der Waals surface area contributed by atoms with Crippen molar-refractivity contribution < 1.29 is 5.11 Å². The third kappa shape index (κ3) is 1.65. The zero-order valence-electron chi connectivity index (χ0n) is 16.2. The molecule has 1 atom stereocenters. The lowest BCUT2D eigenvalue weighted by Crippen LogP contribution is -2.11. The number of hydrogen-bond acceptors (Lipinski definition) is 1. The lowest BCUT2D eigenvalue weighted by molar-refractivity contribution is 0.160. The van der Waals surface area contributed by atoms with Crippen LogP contribution in [0.4, 0.5) is 0 Å². The second kappa shape index (κ2) is 5.14. The first-order valence-electron chi connectivity index (χ1n) is 10.6. The van der Waals surface area contributed by atoms with Gasteiger partial charge in [0.15, 0.2) is 0 Å². The van der Waals surface area contributed by atoms with Gasteiger partial charge in [-0.05, 0) is 90.2 Å². The number of hydrogen-bond donors (Lipinski definition) is 1. The van der Waals surface area contributed by atoms with Crippen LogP contribution in [0.1, 0.15) is 51.0 Å². The van der Waals surface area contributed by atoms with E-state index in [-0.39, 0.29) is 5.92 Å². The van der Waals surface area contributed by atoms with Crippen LogP contribution < -0.4 is 0 Å². The third-order valence-corrected chi connectivity index (χ3v) is 8.47. The molecule has 3 aliphatic carbocycles. The molecule has 0 bridgehead atoms. The van der Waals surface area contributed by atoms with E-state index in [0.29, 0.717) is 0 Å². The molecule has 1 unspecified atom stereocenters. The van der Waals surface area contributed by atoms with E-state index in [1.54, 1.807) is 0 Å². The summed E-state index contributed by atoms with van der Waals surface area (Å²) < 4.78 is 0.970. The van der Waals surface area contributed by atoms with Crippen LogP contribution in [0.15, 0.2) is 65.1 Å². The molecule has 0 spiro atoms. The first-order valence-corrected chi connectivity index (χ1v) is 11.4. The lowest BCUT2D eigenvalue weighted by Gasteiger charge is -2.23. The van der Waals surface area contributed by atoms with Gasteiger partial charge >= 0.3 is 0 Å². The molecular weight excluding hydrogens is 432 g/mol. The molecule has 0 heterocycles. The smallest absolute Gasteiger partial charge is 0.0910 e. The molecule has 142 valence electrons. The highest BCUT2D eigenvalue weighted by atomic mass is 79.9. The zero-order valence-corrected chi connectivity index (χ0v) is 17.8. The highest BCUT2D eigenvalue weighted by molar-refractivity contribution is 9.10. The third-order valence-electron chi connectivity index (χ3n) is 7.75. The Labute approximate surface area is 182 Å². The van der Waals surface area contributed by atoms with Crippen LogP contribution in [0.5, 0.6) is 0 Å². The van der Waals surface area contributed by atoms with Crippen LogP contribution in [-0.2, 0) is 12.8 Å². The highest BCUT2D eigenvalue weighted by Crippen LogP contribution is 2.57. The van der Waals surface area contributed by atoms with Crippen LogP contribution in [0.2, 0.25) is 0 Å². The molecule has 8 rings (SSSR count). The summed E-state index contributed by atoms with van der Waals surface area (Å²) in [5, 5.41) is 20.3. The summed E-state index contributed by atoms with van der Waals surface area (Å²) in [6.07, 6.45) is 1.47. The minimum Gasteiger partial charge on any atom is -0.387 e. The molecule has 0 fully saturated rings. The summed E-state index contributed by atoms with van der Waals surface area (Å²) in [7, 11) is 0. The van der Waals surface area contributed by atoms with E-state index in [1.807, 2.05) is 24.3 Å². The van der Waals surface area contributed by atoms with Crippen LogP contribution in [0.25, 0.3) is 32.3 Å². The Bertz CT molecular complexity index is 1530. The van der Waals surface area contributed by atoms with Crippen LogP contribution in [0, 0.1) is 0 Å². The van der Waals surface area contributed by atoms with Gasteiger partial charge in [-0.15, -0.1) is 0 Å². The fourth-order valence-electron chi connectivity index (χ4n) is 6.61. The van der Waals surface area contributed by atoms with Gasteiger partial charge in [0.1, 0.15) is 0 Å². The summed E-state index contributed by atoms with van der Waals surface area (Å²) in [4.78, 5) is 0. The Kier molecular flexibility index (Phi) is 2.75. The Morgan fingerprint density at radius 3 is 1.63 bits per heavy atom. The fraction of sp³-hybridized carbons (Fsp3) is 0.143. The van der Waals surface area contributed by atoms with E-state index in [0.717, 1.165) is 22.9 Å². The van der Waals surface area contributed by atoms with E-state index in [4.69, 9.17) is 0 Å². The molecule has 2 heteroatoms. The summed E-state index contributed by atoms with van der Waals surface area (Å²) >= 11 is 3.67. The lowest BCUT2D eigenvalue weighted by atomic mass is 9.86. The molecule has 5 aromatic carbocycles. The Balaban J connectivity index is 1.57. The monoisotopic (exact) mass is 448 g/mol. The minimum atomic E-state index is -0.584. The summed E-state index contributed by atoms with van der Waals surface area (Å²) in [5.41, 5.74) is 9.36. The Morgan fingerprint density at radius 2 is 1.10 bits per heavy atom.